The molecule has 1 aromatic carbocycles. The standard InChI is InChI=1S/C6ClFI4/c7-1-3(9)5(11)2(8)6(12)4(1)10. The summed E-state index contributed by atoms with van der Waals surface area (Å²) in [5.41, 5.74) is 0. The molecule has 6 heteroatoms. The van der Waals surface area contributed by atoms with E-state index in [-0.39, 0.29) is 5.82 Å². The van der Waals surface area contributed by atoms with Crippen LogP contribution >= 0.6 is 102 Å². The molecule has 0 aliphatic rings. The molecule has 0 radical (unpaired) electrons. The van der Waals surface area contributed by atoms with Crippen LogP contribution < -0.4 is 0 Å². The molecule has 0 aliphatic heterocycles. The number of benzene rings is 1. The minimum Gasteiger partial charge on any atom is -0.205 e. The van der Waals surface area contributed by atoms with Crippen molar-refractivity contribution in [1.82, 2.24) is 0 Å². The third-order valence-corrected chi connectivity index (χ3v) is 8.42. The first-order valence-corrected chi connectivity index (χ1v) is 7.33. The zero-order chi connectivity index (χ0) is 9.46. The van der Waals surface area contributed by atoms with Gasteiger partial charge < -0.3 is 0 Å². The maximum atomic E-state index is 13.3. The topological polar surface area (TPSA) is 0 Å². The van der Waals surface area contributed by atoms with Crippen LogP contribution in [0.3, 0.4) is 0 Å². The van der Waals surface area contributed by atoms with Gasteiger partial charge in [0.2, 0.25) is 0 Å². The van der Waals surface area contributed by atoms with Crippen LogP contribution in [0.1, 0.15) is 0 Å². The van der Waals surface area contributed by atoms with Crippen LogP contribution in [-0.4, -0.2) is 0 Å². The largest absolute Gasteiger partial charge is 0.205 e. The summed E-state index contributed by atoms with van der Waals surface area (Å²) in [6.45, 7) is 0. The third-order valence-electron chi connectivity index (χ3n) is 1.16. The minimum atomic E-state index is -0.172. The van der Waals surface area contributed by atoms with Gasteiger partial charge in [-0.1, -0.05) is 11.6 Å². The van der Waals surface area contributed by atoms with Crippen LogP contribution in [0.2, 0.25) is 5.02 Å². The van der Waals surface area contributed by atoms with E-state index in [4.69, 9.17) is 11.6 Å². The Balaban J connectivity index is 3.60. The molecule has 0 N–H and O–H groups in total. The van der Waals surface area contributed by atoms with E-state index in [0.717, 1.165) is 7.14 Å². The SMILES string of the molecule is Fc1c(I)c(I)c(Cl)c(I)c1I. The molecule has 12 heavy (non-hydrogen) atoms. The Bertz CT molecular complexity index is 234. The molecule has 0 spiro atoms. The Hall–Kier alpha value is 2.36. The quantitative estimate of drug-likeness (QED) is 0.217. The van der Waals surface area contributed by atoms with Crippen LogP contribution in [0.25, 0.3) is 0 Å². The lowest BCUT2D eigenvalue weighted by Crippen LogP contribution is -1.96. The lowest BCUT2D eigenvalue weighted by atomic mass is 10.3. The van der Waals surface area contributed by atoms with Gasteiger partial charge in [-0.2, -0.15) is 0 Å². The second-order valence-electron chi connectivity index (χ2n) is 1.88. The Labute approximate surface area is 129 Å². The molecule has 1 aromatic rings. The van der Waals surface area contributed by atoms with E-state index in [0.29, 0.717) is 12.2 Å². The maximum absolute atomic E-state index is 13.3. The van der Waals surface area contributed by atoms with E-state index >= 15 is 0 Å². The fourth-order valence-electron chi connectivity index (χ4n) is 0.578. The second kappa shape index (κ2) is 4.92. The Morgan fingerprint density at radius 3 is 1.50 bits per heavy atom. The molecule has 0 saturated heterocycles. The lowest BCUT2D eigenvalue weighted by molar-refractivity contribution is 0.610. The van der Waals surface area contributed by atoms with Gasteiger partial charge in [0.25, 0.3) is 0 Å². The molecule has 66 valence electrons. The van der Waals surface area contributed by atoms with Crippen molar-refractivity contribution < 1.29 is 4.39 Å². The van der Waals surface area contributed by atoms with Crippen molar-refractivity contribution in [2.75, 3.05) is 0 Å². The molecule has 0 nitrogen and oxygen atoms in total. The van der Waals surface area contributed by atoms with E-state index in [1.54, 1.807) is 0 Å². The molecule has 0 unspecified atom stereocenters. The second-order valence-corrected chi connectivity index (χ2v) is 6.58. The summed E-state index contributed by atoms with van der Waals surface area (Å²) in [4.78, 5) is 0. The first kappa shape index (κ1) is 12.4. The highest BCUT2D eigenvalue weighted by atomic mass is 127. The third kappa shape index (κ3) is 2.30. The molecule has 0 heterocycles. The molecule has 0 amide bonds. The first-order valence-electron chi connectivity index (χ1n) is 2.63. The van der Waals surface area contributed by atoms with Crippen molar-refractivity contribution in [3.63, 3.8) is 0 Å². The van der Waals surface area contributed by atoms with Gasteiger partial charge in [0.05, 0.1) is 12.2 Å². The van der Waals surface area contributed by atoms with Gasteiger partial charge in [0.15, 0.2) is 5.82 Å². The van der Waals surface area contributed by atoms with Crippen molar-refractivity contribution in [3.05, 3.63) is 25.1 Å². The van der Waals surface area contributed by atoms with Crippen LogP contribution in [0.4, 0.5) is 4.39 Å². The van der Waals surface area contributed by atoms with Gasteiger partial charge in [-0.15, -0.1) is 0 Å². The normalized spacial score (nSPS) is 10.5. The summed E-state index contributed by atoms with van der Waals surface area (Å²) in [7, 11) is 0. The van der Waals surface area contributed by atoms with Gasteiger partial charge in [-0.05, 0) is 90.4 Å². The van der Waals surface area contributed by atoms with Gasteiger partial charge in [-0.3, -0.25) is 0 Å². The highest BCUT2D eigenvalue weighted by Crippen LogP contribution is 2.34. The van der Waals surface area contributed by atoms with E-state index in [2.05, 4.69) is 0 Å². The summed E-state index contributed by atoms with van der Waals surface area (Å²) < 4.78 is 16.1. The Morgan fingerprint density at radius 1 is 0.833 bits per heavy atom. The van der Waals surface area contributed by atoms with E-state index in [1.807, 2.05) is 90.4 Å². The monoisotopic (exact) mass is 634 g/mol. The maximum Gasteiger partial charge on any atom is 0.152 e. The van der Waals surface area contributed by atoms with Crippen molar-refractivity contribution in [3.8, 4) is 0 Å². The summed E-state index contributed by atoms with van der Waals surface area (Å²) in [5, 5.41) is 0.645. The summed E-state index contributed by atoms with van der Waals surface area (Å²) in [6, 6.07) is 0. The molecule has 0 atom stereocenters. The van der Waals surface area contributed by atoms with Gasteiger partial charge >= 0.3 is 0 Å². The lowest BCUT2D eigenvalue weighted by Gasteiger charge is -2.06. The molecule has 1 rings (SSSR count). The Kier molecular flexibility index (Phi) is 5.10. The zero-order valence-corrected chi connectivity index (χ0v) is 14.7. The van der Waals surface area contributed by atoms with Crippen LogP contribution in [-0.2, 0) is 0 Å². The minimum absolute atomic E-state index is 0.172. The zero-order valence-electron chi connectivity index (χ0n) is 5.27. The number of hydrogen-bond acceptors (Lipinski definition) is 0. The summed E-state index contributed by atoms with van der Waals surface area (Å²) >= 11 is 14.0. The summed E-state index contributed by atoms with van der Waals surface area (Å²) in [5.74, 6) is -0.172. The number of halogens is 6. The van der Waals surface area contributed by atoms with Crippen molar-refractivity contribution in [1.29, 1.82) is 0 Å². The van der Waals surface area contributed by atoms with Crippen molar-refractivity contribution >= 4 is 102 Å². The smallest absolute Gasteiger partial charge is 0.152 e. The van der Waals surface area contributed by atoms with Gasteiger partial charge in [-0.25, -0.2) is 4.39 Å². The average molecular weight is 634 g/mol. The van der Waals surface area contributed by atoms with E-state index in [9.17, 15) is 4.39 Å². The molecule has 0 bridgehead atoms. The van der Waals surface area contributed by atoms with Crippen LogP contribution in [0.5, 0.6) is 0 Å². The van der Waals surface area contributed by atoms with E-state index in [1.165, 1.54) is 0 Å². The number of rotatable bonds is 0. The fraction of sp³-hybridized carbons (Fsp3) is 0. The molecule has 0 aliphatic carbocycles. The first-order chi connectivity index (χ1) is 5.46. The average Bonchev–Trinajstić information content (AvgIpc) is 2.08. The molecule has 0 aromatic heterocycles. The fourth-order valence-corrected chi connectivity index (χ4v) is 4.21. The van der Waals surface area contributed by atoms with Crippen molar-refractivity contribution in [2.24, 2.45) is 0 Å². The summed E-state index contributed by atoms with van der Waals surface area (Å²) in [6.07, 6.45) is 0. The van der Waals surface area contributed by atoms with Gasteiger partial charge in [0, 0.05) is 7.14 Å². The van der Waals surface area contributed by atoms with Crippen LogP contribution in [0, 0.1) is 20.1 Å². The molecule has 0 saturated carbocycles. The van der Waals surface area contributed by atoms with Crippen LogP contribution in [0.15, 0.2) is 0 Å². The Morgan fingerprint density at radius 2 is 1.17 bits per heavy atom. The highest BCUT2D eigenvalue weighted by Gasteiger charge is 2.16. The molecular formula is C6ClFI4. The van der Waals surface area contributed by atoms with Crippen molar-refractivity contribution in [2.45, 2.75) is 0 Å². The predicted octanol–water partition coefficient (Wildman–Crippen LogP) is 4.90. The van der Waals surface area contributed by atoms with Gasteiger partial charge in [0.1, 0.15) is 0 Å². The predicted molar refractivity (Wildman–Crippen MR) is 82.3 cm³/mol. The molecule has 0 fully saturated rings. The number of hydrogen-bond donors (Lipinski definition) is 0. The van der Waals surface area contributed by atoms with E-state index < -0.39 is 0 Å². The highest BCUT2D eigenvalue weighted by molar-refractivity contribution is 14.1. The molecular weight excluding hydrogens is 634 g/mol.